The molecule has 0 aliphatic rings. The van der Waals surface area contributed by atoms with Crippen molar-refractivity contribution in [1.82, 2.24) is 0 Å². The first-order chi connectivity index (χ1) is 9.36. The van der Waals surface area contributed by atoms with Crippen LogP contribution in [0.5, 0.6) is 5.75 Å². The average molecular weight is 290 g/mol. The van der Waals surface area contributed by atoms with Crippen molar-refractivity contribution in [2.45, 2.75) is 91.4 Å². The first-order valence-corrected chi connectivity index (χ1v) is 8.25. The molecule has 0 aromatic heterocycles. The van der Waals surface area contributed by atoms with E-state index in [1.807, 2.05) is 0 Å². The molecule has 0 heterocycles. The van der Waals surface area contributed by atoms with Crippen LogP contribution in [0.3, 0.4) is 0 Å². The van der Waals surface area contributed by atoms with Crippen molar-refractivity contribution in [3.63, 3.8) is 0 Å². The van der Waals surface area contributed by atoms with Gasteiger partial charge in [0, 0.05) is 5.56 Å². The smallest absolute Gasteiger partial charge is 0.123 e. The molecule has 1 heteroatoms. The number of phenolic OH excluding ortho intramolecular Hbond substituents is 1. The van der Waals surface area contributed by atoms with E-state index in [1.165, 1.54) is 5.56 Å². The van der Waals surface area contributed by atoms with Gasteiger partial charge in [0.15, 0.2) is 0 Å². The van der Waals surface area contributed by atoms with Crippen LogP contribution in [0.15, 0.2) is 12.1 Å². The molecule has 21 heavy (non-hydrogen) atoms. The number of aromatic hydroxyl groups is 1. The number of rotatable bonds is 4. The van der Waals surface area contributed by atoms with Crippen LogP contribution in [0.2, 0.25) is 0 Å². The van der Waals surface area contributed by atoms with Crippen LogP contribution in [0.25, 0.3) is 0 Å². The third-order valence-corrected chi connectivity index (χ3v) is 5.20. The molecule has 0 aliphatic heterocycles. The van der Waals surface area contributed by atoms with E-state index < -0.39 is 0 Å². The molecule has 0 unspecified atom stereocenters. The minimum Gasteiger partial charge on any atom is -0.507 e. The molecule has 0 atom stereocenters. The lowest BCUT2D eigenvalue weighted by Crippen LogP contribution is -2.23. The van der Waals surface area contributed by atoms with Gasteiger partial charge < -0.3 is 5.11 Å². The molecule has 0 saturated carbocycles. The van der Waals surface area contributed by atoms with Crippen molar-refractivity contribution in [3.05, 3.63) is 28.8 Å². The summed E-state index contributed by atoms with van der Waals surface area (Å²) in [6.45, 7) is 20.0. The van der Waals surface area contributed by atoms with E-state index in [9.17, 15) is 5.11 Å². The summed E-state index contributed by atoms with van der Waals surface area (Å²) in [4.78, 5) is 0. The summed E-state index contributed by atoms with van der Waals surface area (Å²) < 4.78 is 0. The molecule has 0 fully saturated rings. The van der Waals surface area contributed by atoms with Gasteiger partial charge in [-0.05, 0) is 40.2 Å². The summed E-state index contributed by atoms with van der Waals surface area (Å²) in [6, 6.07) is 4.45. The van der Waals surface area contributed by atoms with E-state index in [4.69, 9.17) is 0 Å². The van der Waals surface area contributed by atoms with Crippen molar-refractivity contribution >= 4 is 0 Å². The Morgan fingerprint density at radius 1 is 0.762 bits per heavy atom. The van der Waals surface area contributed by atoms with Crippen LogP contribution in [-0.4, -0.2) is 5.11 Å². The molecule has 1 nitrogen and oxygen atoms in total. The largest absolute Gasteiger partial charge is 0.507 e. The van der Waals surface area contributed by atoms with E-state index >= 15 is 0 Å². The van der Waals surface area contributed by atoms with Gasteiger partial charge in [0.05, 0.1) is 0 Å². The van der Waals surface area contributed by atoms with Crippen molar-refractivity contribution < 1.29 is 5.11 Å². The zero-order chi connectivity index (χ0) is 16.6. The van der Waals surface area contributed by atoms with Crippen LogP contribution >= 0.6 is 0 Å². The van der Waals surface area contributed by atoms with Crippen LogP contribution in [0.1, 0.15) is 91.8 Å². The quantitative estimate of drug-likeness (QED) is 0.714. The van der Waals surface area contributed by atoms with Gasteiger partial charge in [-0.2, -0.15) is 0 Å². The van der Waals surface area contributed by atoms with E-state index in [-0.39, 0.29) is 16.2 Å². The molecule has 120 valence electrons. The molecule has 0 saturated heterocycles. The van der Waals surface area contributed by atoms with Gasteiger partial charge in [0.2, 0.25) is 0 Å². The Balaban J connectivity index is 3.70. The summed E-state index contributed by atoms with van der Waals surface area (Å²) in [6.07, 6.45) is 2.10. The van der Waals surface area contributed by atoms with E-state index in [0.29, 0.717) is 5.75 Å². The molecule has 0 aliphatic carbocycles. The zero-order valence-electron chi connectivity index (χ0n) is 15.5. The van der Waals surface area contributed by atoms with E-state index in [0.717, 1.165) is 24.0 Å². The fourth-order valence-electron chi connectivity index (χ4n) is 2.51. The van der Waals surface area contributed by atoms with Crippen molar-refractivity contribution in [1.29, 1.82) is 0 Å². The normalized spacial score (nSPS) is 13.6. The minimum absolute atomic E-state index is 0.0100. The van der Waals surface area contributed by atoms with Gasteiger partial charge in [-0.3, -0.25) is 0 Å². The Kier molecular flexibility index (Phi) is 4.87. The van der Waals surface area contributed by atoms with Crippen molar-refractivity contribution in [2.75, 3.05) is 0 Å². The molecule has 0 spiro atoms. The number of hydrogen-bond donors (Lipinski definition) is 1. The Morgan fingerprint density at radius 3 is 1.57 bits per heavy atom. The molecule has 1 N–H and O–H groups in total. The lowest BCUT2D eigenvalue weighted by Gasteiger charge is -2.33. The lowest BCUT2D eigenvalue weighted by atomic mass is 9.72. The standard InChI is InChI=1S/C20H34O/c1-10-19(6,7)14-12-15(18(3,4)5)17(21)16(13-14)20(8,9)11-2/h12-13,21H,10-11H2,1-9H3. The Morgan fingerprint density at radius 2 is 1.19 bits per heavy atom. The second-order valence-corrected chi connectivity index (χ2v) is 8.64. The first kappa shape index (κ1) is 18.1. The monoisotopic (exact) mass is 290 g/mol. The second kappa shape index (κ2) is 5.66. The van der Waals surface area contributed by atoms with Gasteiger partial charge in [-0.25, -0.2) is 0 Å². The highest BCUT2D eigenvalue weighted by atomic mass is 16.3. The SMILES string of the molecule is CCC(C)(C)c1cc(C(C)(C)C)c(O)c(C(C)(C)CC)c1. The maximum absolute atomic E-state index is 10.9. The van der Waals surface area contributed by atoms with Gasteiger partial charge in [0.1, 0.15) is 5.75 Å². The van der Waals surface area contributed by atoms with Crippen molar-refractivity contribution in [2.24, 2.45) is 0 Å². The summed E-state index contributed by atoms with van der Waals surface area (Å²) in [5.41, 5.74) is 3.56. The molecule has 0 bridgehead atoms. The summed E-state index contributed by atoms with van der Waals surface area (Å²) >= 11 is 0. The molecular weight excluding hydrogens is 256 g/mol. The molecular formula is C20H34O. The third-order valence-electron chi connectivity index (χ3n) is 5.20. The van der Waals surface area contributed by atoms with Gasteiger partial charge in [-0.15, -0.1) is 0 Å². The number of benzene rings is 1. The van der Waals surface area contributed by atoms with E-state index in [2.05, 4.69) is 74.4 Å². The first-order valence-electron chi connectivity index (χ1n) is 8.25. The maximum Gasteiger partial charge on any atom is 0.123 e. The highest BCUT2D eigenvalue weighted by molar-refractivity contribution is 5.51. The molecule has 1 aromatic carbocycles. The molecule has 0 amide bonds. The van der Waals surface area contributed by atoms with Gasteiger partial charge in [-0.1, -0.05) is 74.4 Å². The molecule has 0 radical (unpaired) electrons. The topological polar surface area (TPSA) is 20.2 Å². The third kappa shape index (κ3) is 3.62. The van der Waals surface area contributed by atoms with Crippen LogP contribution in [0, 0.1) is 0 Å². The number of hydrogen-bond acceptors (Lipinski definition) is 1. The number of phenols is 1. The average Bonchev–Trinajstić information content (AvgIpc) is 2.37. The van der Waals surface area contributed by atoms with Crippen LogP contribution in [0.4, 0.5) is 0 Å². The summed E-state index contributed by atoms with van der Waals surface area (Å²) in [5.74, 6) is 0.491. The van der Waals surface area contributed by atoms with E-state index in [1.54, 1.807) is 0 Å². The van der Waals surface area contributed by atoms with Crippen molar-refractivity contribution in [3.8, 4) is 5.75 Å². The maximum atomic E-state index is 10.9. The van der Waals surface area contributed by atoms with Gasteiger partial charge in [0.25, 0.3) is 0 Å². The molecule has 1 rings (SSSR count). The summed E-state index contributed by atoms with van der Waals surface area (Å²) in [5, 5.41) is 10.9. The molecule has 1 aromatic rings. The summed E-state index contributed by atoms with van der Waals surface area (Å²) in [7, 11) is 0. The Hall–Kier alpha value is -0.980. The Labute approximate surface area is 131 Å². The fourth-order valence-corrected chi connectivity index (χ4v) is 2.51. The predicted octanol–water partition coefficient (Wildman–Crippen LogP) is 6.06. The highest BCUT2D eigenvalue weighted by Gasteiger charge is 2.31. The Bertz CT molecular complexity index is 501. The minimum atomic E-state index is -0.0531. The predicted molar refractivity (Wildman–Crippen MR) is 93.4 cm³/mol. The van der Waals surface area contributed by atoms with Crippen LogP contribution in [-0.2, 0) is 16.2 Å². The lowest BCUT2D eigenvalue weighted by molar-refractivity contribution is 0.406. The van der Waals surface area contributed by atoms with Crippen LogP contribution < -0.4 is 0 Å². The second-order valence-electron chi connectivity index (χ2n) is 8.64. The van der Waals surface area contributed by atoms with Gasteiger partial charge >= 0.3 is 0 Å². The highest BCUT2D eigenvalue weighted by Crippen LogP contribution is 2.43. The fraction of sp³-hybridized carbons (Fsp3) is 0.700. The zero-order valence-corrected chi connectivity index (χ0v) is 15.5.